The number of rotatable bonds is 7. The molecule has 0 radical (unpaired) electrons. The van der Waals surface area contributed by atoms with Crippen molar-refractivity contribution in [3.05, 3.63) is 59.4 Å². The summed E-state index contributed by atoms with van der Waals surface area (Å²) in [6, 6.07) is 12.6. The number of benzene rings is 2. The molecule has 0 saturated carbocycles. The molecule has 0 aromatic heterocycles. The summed E-state index contributed by atoms with van der Waals surface area (Å²) in [5.41, 5.74) is 1.75. The molecule has 1 N–H and O–H groups in total. The quantitative estimate of drug-likeness (QED) is 0.610. The van der Waals surface area contributed by atoms with Crippen molar-refractivity contribution in [2.45, 2.75) is 13.0 Å². The van der Waals surface area contributed by atoms with Gasteiger partial charge in [-0.1, -0.05) is 24.3 Å². The number of hydrogen-bond donors (Lipinski definition) is 1. The average Bonchev–Trinajstić information content (AvgIpc) is 2.67. The van der Waals surface area contributed by atoms with Crippen LogP contribution in [0.25, 0.3) is 0 Å². The van der Waals surface area contributed by atoms with E-state index in [1.165, 1.54) is 6.07 Å². The van der Waals surface area contributed by atoms with Gasteiger partial charge in [0.25, 0.3) is 0 Å². The summed E-state index contributed by atoms with van der Waals surface area (Å²) in [6.07, 6.45) is 0.817. The molecule has 0 spiro atoms. The van der Waals surface area contributed by atoms with Crippen LogP contribution < -0.4 is 14.8 Å². The first kappa shape index (κ1) is 19.6. The van der Waals surface area contributed by atoms with E-state index < -0.39 is 0 Å². The fourth-order valence-electron chi connectivity index (χ4n) is 2.64. The number of ether oxygens (including phenoxy) is 2. The summed E-state index contributed by atoms with van der Waals surface area (Å²) < 4.78 is 24.3. The maximum Gasteiger partial charge on any atom is 0.193 e. The minimum Gasteiger partial charge on any atom is -0.493 e. The number of nitrogens with one attached hydrogen (secondary N) is 1. The molecular formula is C20H26FN3O2. The maximum absolute atomic E-state index is 13.7. The van der Waals surface area contributed by atoms with Gasteiger partial charge in [-0.05, 0) is 30.2 Å². The van der Waals surface area contributed by atoms with Crippen LogP contribution in [0, 0.1) is 5.82 Å². The molecule has 0 aliphatic carbocycles. The molecule has 0 saturated heterocycles. The molecular weight excluding hydrogens is 333 g/mol. The Morgan fingerprint density at radius 3 is 2.50 bits per heavy atom. The van der Waals surface area contributed by atoms with E-state index in [9.17, 15) is 4.39 Å². The normalized spacial score (nSPS) is 11.2. The fraction of sp³-hybridized carbons (Fsp3) is 0.350. The van der Waals surface area contributed by atoms with Crippen molar-refractivity contribution < 1.29 is 13.9 Å². The second-order valence-corrected chi connectivity index (χ2v) is 5.85. The fourth-order valence-corrected chi connectivity index (χ4v) is 2.64. The maximum atomic E-state index is 13.7. The summed E-state index contributed by atoms with van der Waals surface area (Å²) in [7, 11) is 6.92. The Morgan fingerprint density at radius 2 is 1.85 bits per heavy atom. The Morgan fingerprint density at radius 1 is 1.12 bits per heavy atom. The van der Waals surface area contributed by atoms with Crippen LogP contribution in [0.15, 0.2) is 47.5 Å². The van der Waals surface area contributed by atoms with E-state index >= 15 is 0 Å². The molecule has 0 heterocycles. The van der Waals surface area contributed by atoms with Crippen LogP contribution in [-0.2, 0) is 13.0 Å². The van der Waals surface area contributed by atoms with Gasteiger partial charge in [-0.3, -0.25) is 4.99 Å². The van der Waals surface area contributed by atoms with Crippen molar-refractivity contribution in [1.29, 1.82) is 0 Å². The Bertz CT molecular complexity index is 750. The molecule has 5 nitrogen and oxygen atoms in total. The summed E-state index contributed by atoms with van der Waals surface area (Å²) in [5, 5.41) is 3.19. The van der Waals surface area contributed by atoms with Crippen molar-refractivity contribution in [3.63, 3.8) is 0 Å². The number of guanidine groups is 1. The van der Waals surface area contributed by atoms with E-state index in [0.29, 0.717) is 23.8 Å². The van der Waals surface area contributed by atoms with E-state index in [-0.39, 0.29) is 5.82 Å². The van der Waals surface area contributed by atoms with E-state index in [4.69, 9.17) is 9.47 Å². The second-order valence-electron chi connectivity index (χ2n) is 5.85. The number of likely N-dealkylation sites (N-methyl/N-ethyl adjacent to an activating group) is 1. The molecule has 26 heavy (non-hydrogen) atoms. The number of aliphatic imine (C=N–C) groups is 1. The lowest BCUT2D eigenvalue weighted by Gasteiger charge is -2.22. The van der Waals surface area contributed by atoms with Gasteiger partial charge in [-0.15, -0.1) is 0 Å². The number of methoxy groups -OCH3 is 2. The van der Waals surface area contributed by atoms with Crippen molar-refractivity contribution in [2.24, 2.45) is 4.99 Å². The molecule has 0 bridgehead atoms. The van der Waals surface area contributed by atoms with Crippen molar-refractivity contribution in [1.82, 2.24) is 10.2 Å². The highest BCUT2D eigenvalue weighted by Gasteiger charge is 2.09. The van der Waals surface area contributed by atoms with Gasteiger partial charge in [-0.2, -0.15) is 0 Å². The van der Waals surface area contributed by atoms with Gasteiger partial charge in [0.1, 0.15) is 5.82 Å². The third-order valence-electron chi connectivity index (χ3n) is 4.15. The summed E-state index contributed by atoms with van der Waals surface area (Å²) >= 11 is 0. The summed E-state index contributed by atoms with van der Waals surface area (Å²) in [4.78, 5) is 6.28. The number of hydrogen-bond acceptors (Lipinski definition) is 3. The van der Waals surface area contributed by atoms with Crippen LogP contribution in [0.5, 0.6) is 11.5 Å². The first-order chi connectivity index (χ1) is 12.6. The predicted octanol–water partition coefficient (Wildman–Crippen LogP) is 3.09. The lowest BCUT2D eigenvalue weighted by molar-refractivity contribution is 0.354. The Labute approximate surface area is 154 Å². The standard InChI is InChI=1S/C20H26FN3O2/c1-22-20(23-14-16-7-5-6-8-17(16)21)24(2)12-11-15-9-10-18(25-3)19(13-15)26-4/h5-10,13H,11-12,14H2,1-4H3,(H,22,23). The van der Waals surface area contributed by atoms with Crippen LogP contribution in [0.4, 0.5) is 4.39 Å². The van der Waals surface area contributed by atoms with Crippen LogP contribution in [0.1, 0.15) is 11.1 Å². The van der Waals surface area contributed by atoms with E-state index in [0.717, 1.165) is 24.3 Å². The monoisotopic (exact) mass is 359 g/mol. The Kier molecular flexibility index (Phi) is 7.26. The predicted molar refractivity (Wildman–Crippen MR) is 102 cm³/mol. The molecule has 0 amide bonds. The van der Waals surface area contributed by atoms with Gasteiger partial charge in [0, 0.05) is 32.7 Å². The molecule has 140 valence electrons. The third-order valence-corrected chi connectivity index (χ3v) is 4.15. The molecule has 6 heteroatoms. The molecule has 0 fully saturated rings. The van der Waals surface area contributed by atoms with E-state index in [1.807, 2.05) is 36.2 Å². The van der Waals surface area contributed by atoms with Crippen LogP contribution >= 0.6 is 0 Å². The SMILES string of the molecule is CN=C(NCc1ccccc1F)N(C)CCc1ccc(OC)c(OC)c1. The van der Waals surface area contributed by atoms with Crippen LogP contribution in [-0.4, -0.2) is 45.7 Å². The number of nitrogens with zero attached hydrogens (tertiary/aromatic N) is 2. The zero-order valence-corrected chi connectivity index (χ0v) is 15.8. The Balaban J connectivity index is 1.93. The van der Waals surface area contributed by atoms with Gasteiger partial charge in [0.15, 0.2) is 17.5 Å². The highest BCUT2D eigenvalue weighted by atomic mass is 19.1. The summed E-state index contributed by atoms with van der Waals surface area (Å²) in [5.74, 6) is 1.93. The van der Waals surface area contributed by atoms with Crippen molar-refractivity contribution in [2.75, 3.05) is 34.9 Å². The third kappa shape index (κ3) is 5.12. The van der Waals surface area contributed by atoms with E-state index in [2.05, 4.69) is 10.3 Å². The van der Waals surface area contributed by atoms with Gasteiger partial charge < -0.3 is 19.7 Å². The van der Waals surface area contributed by atoms with Gasteiger partial charge in [-0.25, -0.2) is 4.39 Å². The largest absolute Gasteiger partial charge is 0.493 e. The molecule has 2 aromatic rings. The highest BCUT2D eigenvalue weighted by Crippen LogP contribution is 2.27. The topological polar surface area (TPSA) is 46.1 Å². The molecule has 2 rings (SSSR count). The first-order valence-corrected chi connectivity index (χ1v) is 8.45. The minimum atomic E-state index is -0.219. The van der Waals surface area contributed by atoms with Crippen LogP contribution in [0.3, 0.4) is 0 Å². The zero-order valence-electron chi connectivity index (χ0n) is 15.8. The molecule has 0 aliphatic heterocycles. The Hall–Kier alpha value is -2.76. The lowest BCUT2D eigenvalue weighted by atomic mass is 10.1. The molecule has 0 atom stereocenters. The highest BCUT2D eigenvalue weighted by molar-refractivity contribution is 5.79. The van der Waals surface area contributed by atoms with Crippen LogP contribution in [0.2, 0.25) is 0 Å². The van der Waals surface area contributed by atoms with Crippen molar-refractivity contribution >= 4 is 5.96 Å². The van der Waals surface area contributed by atoms with Gasteiger partial charge in [0.05, 0.1) is 14.2 Å². The first-order valence-electron chi connectivity index (χ1n) is 8.45. The van der Waals surface area contributed by atoms with Gasteiger partial charge >= 0.3 is 0 Å². The van der Waals surface area contributed by atoms with Gasteiger partial charge in [0.2, 0.25) is 0 Å². The second kappa shape index (κ2) is 9.65. The van der Waals surface area contributed by atoms with Crippen molar-refractivity contribution in [3.8, 4) is 11.5 Å². The lowest BCUT2D eigenvalue weighted by Crippen LogP contribution is -2.39. The average molecular weight is 359 g/mol. The molecule has 2 aromatic carbocycles. The zero-order chi connectivity index (χ0) is 18.9. The number of halogens is 1. The smallest absolute Gasteiger partial charge is 0.193 e. The van der Waals surface area contributed by atoms with E-state index in [1.54, 1.807) is 33.4 Å². The minimum absolute atomic E-state index is 0.219. The molecule has 0 unspecified atom stereocenters. The summed E-state index contributed by atoms with van der Waals surface area (Å²) in [6.45, 7) is 1.15. The molecule has 0 aliphatic rings.